The average Bonchev–Trinajstić information content (AvgIpc) is 2.47. The van der Waals surface area contributed by atoms with Crippen molar-refractivity contribution in [1.82, 2.24) is 4.90 Å². The molecule has 4 nitrogen and oxygen atoms in total. The summed E-state index contributed by atoms with van der Waals surface area (Å²) in [7, 11) is -3.30. The summed E-state index contributed by atoms with van der Waals surface area (Å²) in [5.74, 6) is 0.285. The predicted octanol–water partition coefficient (Wildman–Crippen LogP) is 2.52. The van der Waals surface area contributed by atoms with Gasteiger partial charge in [-0.05, 0) is 12.0 Å². The van der Waals surface area contributed by atoms with Gasteiger partial charge in [-0.3, -0.25) is 4.79 Å². The molecule has 0 N–H and O–H groups in total. The molecule has 1 aliphatic heterocycles. The van der Waals surface area contributed by atoms with Crippen molar-refractivity contribution in [2.75, 3.05) is 23.8 Å². The highest BCUT2D eigenvalue weighted by molar-refractivity contribution is 8.00. The first-order chi connectivity index (χ1) is 10.4. The van der Waals surface area contributed by atoms with Gasteiger partial charge in [-0.15, -0.1) is 0 Å². The molecule has 2 rings (SSSR count). The Kier molecular flexibility index (Phi) is 5.92. The Balaban J connectivity index is 2.21. The van der Waals surface area contributed by atoms with Gasteiger partial charge in [0.05, 0.1) is 11.8 Å². The Morgan fingerprint density at radius 1 is 1.32 bits per heavy atom. The van der Waals surface area contributed by atoms with Crippen LogP contribution in [-0.2, 0) is 14.6 Å². The number of nitrogens with zero attached hydrogens (tertiary/aromatic N) is 1. The first-order valence-electron chi connectivity index (χ1n) is 7.61. The molecule has 0 unspecified atom stereocenters. The molecule has 1 heterocycles. The fourth-order valence-electron chi connectivity index (χ4n) is 2.86. The van der Waals surface area contributed by atoms with Crippen LogP contribution in [0.3, 0.4) is 0 Å². The van der Waals surface area contributed by atoms with Crippen LogP contribution in [0, 0.1) is 0 Å². The molecular weight excluding hydrogens is 318 g/mol. The third-order valence-corrected chi connectivity index (χ3v) is 6.73. The van der Waals surface area contributed by atoms with Crippen molar-refractivity contribution in [2.24, 2.45) is 0 Å². The molecular formula is C16H23NO3S2. The number of thioether (sulfide) groups is 1. The SMILES string of the molecule is CCCS(=O)(=O)CC(=O)N1CCS[C@H](C)[C@@H]1c1ccccc1. The summed E-state index contributed by atoms with van der Waals surface area (Å²) in [4.78, 5) is 14.3. The minimum Gasteiger partial charge on any atom is -0.333 e. The molecule has 122 valence electrons. The lowest BCUT2D eigenvalue weighted by molar-refractivity contribution is -0.130. The first-order valence-corrected chi connectivity index (χ1v) is 10.5. The normalized spacial score (nSPS) is 22.5. The molecule has 1 fully saturated rings. The van der Waals surface area contributed by atoms with Crippen LogP contribution in [-0.4, -0.2) is 48.3 Å². The van der Waals surface area contributed by atoms with Gasteiger partial charge in [-0.1, -0.05) is 44.2 Å². The minimum atomic E-state index is -3.30. The van der Waals surface area contributed by atoms with E-state index in [9.17, 15) is 13.2 Å². The highest BCUT2D eigenvalue weighted by Gasteiger charge is 2.34. The van der Waals surface area contributed by atoms with Crippen molar-refractivity contribution in [3.63, 3.8) is 0 Å². The molecule has 2 atom stereocenters. The Labute approximate surface area is 137 Å². The fraction of sp³-hybridized carbons (Fsp3) is 0.562. The smallest absolute Gasteiger partial charge is 0.238 e. The number of carbonyl (C=O) groups excluding carboxylic acids is 1. The van der Waals surface area contributed by atoms with Crippen molar-refractivity contribution in [3.8, 4) is 0 Å². The summed E-state index contributed by atoms with van der Waals surface area (Å²) in [6, 6.07) is 9.82. The Bertz CT molecular complexity index is 601. The van der Waals surface area contributed by atoms with E-state index < -0.39 is 9.84 Å². The van der Waals surface area contributed by atoms with Crippen LogP contribution in [0.1, 0.15) is 31.9 Å². The molecule has 0 aromatic heterocycles. The van der Waals surface area contributed by atoms with Crippen LogP contribution in [0.4, 0.5) is 0 Å². The zero-order valence-corrected chi connectivity index (χ0v) is 14.7. The molecule has 0 spiro atoms. The first kappa shape index (κ1) is 17.3. The van der Waals surface area contributed by atoms with Gasteiger partial charge in [-0.2, -0.15) is 11.8 Å². The monoisotopic (exact) mass is 341 g/mol. The number of carbonyl (C=O) groups is 1. The maximum atomic E-state index is 12.6. The summed E-state index contributed by atoms with van der Waals surface area (Å²) in [6.45, 7) is 4.52. The van der Waals surface area contributed by atoms with E-state index in [2.05, 4.69) is 6.92 Å². The van der Waals surface area contributed by atoms with Gasteiger partial charge in [0.2, 0.25) is 5.91 Å². The van der Waals surface area contributed by atoms with E-state index in [-0.39, 0.29) is 28.7 Å². The molecule has 1 amide bonds. The van der Waals surface area contributed by atoms with Crippen molar-refractivity contribution < 1.29 is 13.2 Å². The lowest BCUT2D eigenvalue weighted by Crippen LogP contribution is -2.46. The van der Waals surface area contributed by atoms with Gasteiger partial charge in [-0.25, -0.2) is 8.42 Å². The Morgan fingerprint density at radius 2 is 2.00 bits per heavy atom. The van der Waals surface area contributed by atoms with E-state index in [0.717, 1.165) is 11.3 Å². The quantitative estimate of drug-likeness (QED) is 0.826. The van der Waals surface area contributed by atoms with Gasteiger partial charge in [0.1, 0.15) is 5.75 Å². The highest BCUT2D eigenvalue weighted by atomic mass is 32.2. The fourth-order valence-corrected chi connectivity index (χ4v) is 5.32. The van der Waals surface area contributed by atoms with Gasteiger partial charge >= 0.3 is 0 Å². The van der Waals surface area contributed by atoms with Crippen LogP contribution < -0.4 is 0 Å². The highest BCUT2D eigenvalue weighted by Crippen LogP contribution is 2.36. The summed E-state index contributed by atoms with van der Waals surface area (Å²) in [5.41, 5.74) is 1.07. The number of rotatable bonds is 5. The van der Waals surface area contributed by atoms with Crippen molar-refractivity contribution in [1.29, 1.82) is 0 Å². The zero-order valence-electron chi connectivity index (χ0n) is 13.1. The summed E-state index contributed by atoms with van der Waals surface area (Å²) in [6.07, 6.45) is 0.546. The lowest BCUT2D eigenvalue weighted by Gasteiger charge is -2.40. The third-order valence-electron chi connectivity index (χ3n) is 3.81. The van der Waals surface area contributed by atoms with Crippen LogP contribution in [0.2, 0.25) is 0 Å². The molecule has 0 bridgehead atoms. The van der Waals surface area contributed by atoms with Crippen LogP contribution in [0.25, 0.3) is 0 Å². The number of sulfone groups is 1. The van der Waals surface area contributed by atoms with E-state index in [4.69, 9.17) is 0 Å². The zero-order chi connectivity index (χ0) is 16.2. The largest absolute Gasteiger partial charge is 0.333 e. The minimum absolute atomic E-state index is 0.0516. The maximum absolute atomic E-state index is 12.6. The van der Waals surface area contributed by atoms with Crippen LogP contribution in [0.5, 0.6) is 0 Å². The lowest BCUT2D eigenvalue weighted by atomic mass is 10.0. The number of amides is 1. The third kappa shape index (κ3) is 4.26. The molecule has 1 saturated heterocycles. The van der Waals surface area contributed by atoms with E-state index in [1.54, 1.807) is 4.90 Å². The average molecular weight is 341 g/mol. The topological polar surface area (TPSA) is 54.5 Å². The van der Waals surface area contributed by atoms with Gasteiger partial charge < -0.3 is 4.90 Å². The van der Waals surface area contributed by atoms with Crippen LogP contribution in [0.15, 0.2) is 30.3 Å². The molecule has 1 aromatic rings. The standard InChI is InChI=1S/C16H23NO3S2/c1-3-11-22(19,20)12-15(18)17-9-10-21-13(2)16(17)14-7-5-4-6-8-14/h4-8,13,16H,3,9-12H2,1-2H3/t13-,16-/m1/s1. The van der Waals surface area contributed by atoms with E-state index in [1.165, 1.54) is 0 Å². The maximum Gasteiger partial charge on any atom is 0.238 e. The Hall–Kier alpha value is -1.01. The second-order valence-electron chi connectivity index (χ2n) is 5.61. The summed E-state index contributed by atoms with van der Waals surface area (Å²) >= 11 is 1.83. The van der Waals surface area contributed by atoms with E-state index in [1.807, 2.05) is 49.0 Å². The molecule has 0 saturated carbocycles. The summed E-state index contributed by atoms with van der Waals surface area (Å²) in [5, 5.41) is 0.258. The van der Waals surface area contributed by atoms with Gasteiger partial charge in [0.15, 0.2) is 9.84 Å². The number of benzene rings is 1. The van der Waals surface area contributed by atoms with Crippen molar-refractivity contribution in [3.05, 3.63) is 35.9 Å². The van der Waals surface area contributed by atoms with E-state index >= 15 is 0 Å². The van der Waals surface area contributed by atoms with Crippen molar-refractivity contribution >= 4 is 27.5 Å². The second kappa shape index (κ2) is 7.51. The predicted molar refractivity (Wildman–Crippen MR) is 91.8 cm³/mol. The van der Waals surface area contributed by atoms with Gasteiger partial charge in [0, 0.05) is 17.5 Å². The van der Waals surface area contributed by atoms with Gasteiger partial charge in [0.25, 0.3) is 0 Å². The molecule has 6 heteroatoms. The van der Waals surface area contributed by atoms with Crippen molar-refractivity contribution in [2.45, 2.75) is 31.6 Å². The molecule has 1 aliphatic rings. The number of hydrogen-bond donors (Lipinski definition) is 0. The second-order valence-corrected chi connectivity index (χ2v) is 9.28. The molecule has 0 radical (unpaired) electrons. The Morgan fingerprint density at radius 3 is 2.64 bits per heavy atom. The molecule has 0 aliphatic carbocycles. The molecule has 1 aromatic carbocycles. The van der Waals surface area contributed by atoms with Crippen LogP contribution >= 0.6 is 11.8 Å². The molecule has 22 heavy (non-hydrogen) atoms. The summed E-state index contributed by atoms with van der Waals surface area (Å²) < 4.78 is 23.9. The number of hydrogen-bond acceptors (Lipinski definition) is 4. The van der Waals surface area contributed by atoms with E-state index in [0.29, 0.717) is 13.0 Å².